The number of aromatic amines is 1. The van der Waals surface area contributed by atoms with Gasteiger partial charge in [-0.15, -0.1) is 0 Å². The summed E-state index contributed by atoms with van der Waals surface area (Å²) in [5.41, 5.74) is 0.500. The Morgan fingerprint density at radius 3 is 2.69 bits per heavy atom. The number of para-hydroxylation sites is 1. The van der Waals surface area contributed by atoms with Gasteiger partial charge in [0.15, 0.2) is 0 Å². The molecular formula is C17H18F2N6O. The van der Waals surface area contributed by atoms with Crippen LogP contribution in [0.4, 0.5) is 14.7 Å². The molecule has 0 saturated carbocycles. The highest BCUT2D eigenvalue weighted by Gasteiger charge is 2.21. The molecule has 0 radical (unpaired) electrons. The fourth-order valence-electron chi connectivity index (χ4n) is 3.19. The molecule has 4 rings (SSSR count). The minimum atomic E-state index is -2.58. The molecule has 3 heterocycles. The van der Waals surface area contributed by atoms with Gasteiger partial charge in [0.25, 0.3) is 5.56 Å². The lowest BCUT2D eigenvalue weighted by molar-refractivity contribution is 0.0636. The van der Waals surface area contributed by atoms with E-state index in [1.165, 1.54) is 12.4 Å². The van der Waals surface area contributed by atoms with Gasteiger partial charge in [0.2, 0.25) is 5.95 Å². The molecule has 1 saturated heterocycles. The van der Waals surface area contributed by atoms with Gasteiger partial charge in [-0.3, -0.25) is 19.2 Å². The van der Waals surface area contributed by atoms with Crippen LogP contribution in [0.25, 0.3) is 10.9 Å². The molecule has 0 spiro atoms. The number of nitrogens with zero attached hydrogens (tertiary/aromatic N) is 5. The summed E-state index contributed by atoms with van der Waals surface area (Å²) in [6.07, 6.45) is 2.68. The van der Waals surface area contributed by atoms with Crippen molar-refractivity contribution in [2.75, 3.05) is 31.1 Å². The number of imidazole rings is 1. The maximum atomic E-state index is 12.9. The van der Waals surface area contributed by atoms with Crippen LogP contribution in [-0.4, -0.2) is 50.6 Å². The second-order valence-electron chi connectivity index (χ2n) is 6.20. The van der Waals surface area contributed by atoms with Crippen molar-refractivity contribution in [1.82, 2.24) is 24.4 Å². The summed E-state index contributed by atoms with van der Waals surface area (Å²) < 4.78 is 26.7. The number of fused-ring (bicyclic) bond motifs is 1. The first-order valence-electron chi connectivity index (χ1n) is 8.38. The lowest BCUT2D eigenvalue weighted by Gasteiger charge is -2.34. The van der Waals surface area contributed by atoms with Gasteiger partial charge in [-0.2, -0.15) is 8.78 Å². The van der Waals surface area contributed by atoms with Crippen LogP contribution in [-0.2, 0) is 6.54 Å². The van der Waals surface area contributed by atoms with Gasteiger partial charge in [-0.25, -0.2) is 9.97 Å². The minimum Gasteiger partial charge on any atom is -0.340 e. The first kappa shape index (κ1) is 16.6. The molecule has 1 aliphatic heterocycles. The number of hydrogen-bond donors (Lipinski definition) is 1. The maximum Gasteiger partial charge on any atom is 0.319 e. The van der Waals surface area contributed by atoms with Crippen LogP contribution in [0.1, 0.15) is 12.4 Å². The first-order valence-corrected chi connectivity index (χ1v) is 8.38. The summed E-state index contributed by atoms with van der Waals surface area (Å²) in [6.45, 7) is 0.431. The fourth-order valence-corrected chi connectivity index (χ4v) is 3.19. The molecule has 0 bridgehead atoms. The highest BCUT2D eigenvalue weighted by atomic mass is 19.3. The molecule has 1 N–H and O–H groups in total. The van der Waals surface area contributed by atoms with Crippen LogP contribution < -0.4 is 10.5 Å². The van der Waals surface area contributed by atoms with Gasteiger partial charge in [0.05, 0.1) is 17.4 Å². The molecule has 3 aromatic rings. The Bertz CT molecular complexity index is 961. The number of H-pyrrole nitrogens is 1. The summed E-state index contributed by atoms with van der Waals surface area (Å²) in [6, 6.07) is 7.21. The van der Waals surface area contributed by atoms with Crippen LogP contribution in [0, 0.1) is 0 Å². The molecule has 136 valence electrons. The van der Waals surface area contributed by atoms with E-state index >= 15 is 0 Å². The van der Waals surface area contributed by atoms with E-state index in [4.69, 9.17) is 0 Å². The van der Waals surface area contributed by atoms with Crippen LogP contribution in [0.15, 0.2) is 41.5 Å². The number of nitrogens with one attached hydrogen (secondary N) is 1. The Hall–Kier alpha value is -2.81. The molecule has 9 heteroatoms. The van der Waals surface area contributed by atoms with Crippen LogP contribution in [0.2, 0.25) is 0 Å². The normalized spacial score (nSPS) is 15.9. The predicted octanol–water partition coefficient (Wildman–Crippen LogP) is 1.84. The molecule has 0 unspecified atom stereocenters. The van der Waals surface area contributed by atoms with Crippen molar-refractivity contribution in [3.05, 3.63) is 52.8 Å². The Labute approximate surface area is 147 Å². The largest absolute Gasteiger partial charge is 0.340 e. The third-order valence-electron chi connectivity index (χ3n) is 4.60. The SMILES string of the molecule is O=c1[nH]c(N2CCN(Cc3nccn3C(F)F)CC2)nc2ccccc12. The zero-order valence-corrected chi connectivity index (χ0v) is 14.0. The zero-order chi connectivity index (χ0) is 18.1. The van der Waals surface area contributed by atoms with Gasteiger partial charge < -0.3 is 4.90 Å². The smallest absolute Gasteiger partial charge is 0.319 e. The van der Waals surface area contributed by atoms with Gasteiger partial charge in [0, 0.05) is 38.6 Å². The van der Waals surface area contributed by atoms with Crippen molar-refractivity contribution in [3.63, 3.8) is 0 Å². The van der Waals surface area contributed by atoms with Crippen molar-refractivity contribution in [2.45, 2.75) is 13.1 Å². The van der Waals surface area contributed by atoms with Gasteiger partial charge >= 0.3 is 6.55 Å². The maximum absolute atomic E-state index is 12.9. The Balaban J connectivity index is 1.45. The van der Waals surface area contributed by atoms with Crippen LogP contribution in [0.5, 0.6) is 0 Å². The molecule has 7 nitrogen and oxygen atoms in total. The third kappa shape index (κ3) is 3.17. The number of benzene rings is 1. The molecule has 0 aliphatic carbocycles. The van der Waals surface area contributed by atoms with E-state index in [9.17, 15) is 13.6 Å². The highest BCUT2D eigenvalue weighted by molar-refractivity contribution is 5.78. The lowest BCUT2D eigenvalue weighted by atomic mass is 10.2. The quantitative estimate of drug-likeness (QED) is 0.769. The molecule has 26 heavy (non-hydrogen) atoms. The molecule has 1 fully saturated rings. The number of rotatable bonds is 4. The van der Waals surface area contributed by atoms with Gasteiger partial charge in [-0.05, 0) is 12.1 Å². The lowest BCUT2D eigenvalue weighted by Crippen LogP contribution is -2.47. The second-order valence-corrected chi connectivity index (χ2v) is 6.20. The average molecular weight is 360 g/mol. The van der Waals surface area contributed by atoms with Crippen molar-refractivity contribution in [1.29, 1.82) is 0 Å². The van der Waals surface area contributed by atoms with Gasteiger partial charge in [0.1, 0.15) is 5.82 Å². The number of hydrogen-bond acceptors (Lipinski definition) is 5. The van der Waals surface area contributed by atoms with E-state index in [0.717, 1.165) is 4.57 Å². The number of piperazine rings is 1. The van der Waals surface area contributed by atoms with Crippen LogP contribution in [0.3, 0.4) is 0 Å². The third-order valence-corrected chi connectivity index (χ3v) is 4.60. The van der Waals surface area contributed by atoms with E-state index in [0.29, 0.717) is 55.4 Å². The first-order chi connectivity index (χ1) is 12.6. The second kappa shape index (κ2) is 6.83. The van der Waals surface area contributed by atoms with Gasteiger partial charge in [-0.1, -0.05) is 12.1 Å². The van der Waals surface area contributed by atoms with Crippen molar-refractivity contribution >= 4 is 16.9 Å². The summed E-state index contributed by atoms with van der Waals surface area (Å²) in [4.78, 5) is 27.7. The molecule has 0 amide bonds. The minimum absolute atomic E-state index is 0.160. The fraction of sp³-hybridized carbons (Fsp3) is 0.353. The number of anilines is 1. The molecule has 0 atom stereocenters. The highest BCUT2D eigenvalue weighted by Crippen LogP contribution is 2.17. The van der Waals surface area contributed by atoms with Crippen molar-refractivity contribution < 1.29 is 8.78 Å². The zero-order valence-electron chi connectivity index (χ0n) is 14.0. The van der Waals surface area contributed by atoms with E-state index in [2.05, 4.69) is 19.9 Å². The van der Waals surface area contributed by atoms with E-state index in [1.807, 2.05) is 17.0 Å². The summed E-state index contributed by atoms with van der Waals surface area (Å²) in [7, 11) is 0. The Kier molecular flexibility index (Phi) is 4.37. The average Bonchev–Trinajstić information content (AvgIpc) is 3.11. The number of alkyl halides is 2. The molecule has 2 aromatic heterocycles. The topological polar surface area (TPSA) is 70.1 Å². The summed E-state index contributed by atoms with van der Waals surface area (Å²) in [5, 5.41) is 0.564. The molecular weight excluding hydrogens is 342 g/mol. The molecule has 1 aliphatic rings. The summed E-state index contributed by atoms with van der Waals surface area (Å²) >= 11 is 0. The Morgan fingerprint density at radius 2 is 1.92 bits per heavy atom. The number of aromatic nitrogens is 4. The molecule has 1 aromatic carbocycles. The van der Waals surface area contributed by atoms with E-state index in [-0.39, 0.29) is 5.56 Å². The van der Waals surface area contributed by atoms with Crippen molar-refractivity contribution in [2.24, 2.45) is 0 Å². The van der Waals surface area contributed by atoms with Crippen LogP contribution >= 0.6 is 0 Å². The predicted molar refractivity (Wildman–Crippen MR) is 93.3 cm³/mol. The Morgan fingerprint density at radius 1 is 1.15 bits per heavy atom. The standard InChI is InChI=1S/C17H18F2N6O/c18-16(19)25-6-5-20-14(25)11-23-7-9-24(10-8-23)17-21-13-4-2-1-3-12(13)15(26)22-17/h1-6,16H,7-11H2,(H,21,22,26). The van der Waals surface area contributed by atoms with Crippen molar-refractivity contribution in [3.8, 4) is 0 Å². The summed E-state index contributed by atoms with van der Waals surface area (Å²) in [5.74, 6) is 0.896. The number of halogens is 2. The monoisotopic (exact) mass is 360 g/mol. The van der Waals surface area contributed by atoms with E-state index in [1.54, 1.807) is 12.1 Å². The van der Waals surface area contributed by atoms with E-state index < -0.39 is 6.55 Å².